The number of amides is 3. The Morgan fingerprint density at radius 2 is 1.56 bits per heavy atom. The Labute approximate surface area is 349 Å². The molecule has 1 heterocycles. The smallest absolute Gasteiger partial charge is 0.300 e. The molecule has 0 saturated carbocycles. The maximum absolute atomic E-state index is 12.3. The van der Waals surface area contributed by atoms with Crippen LogP contribution in [0, 0.1) is 18.4 Å². The van der Waals surface area contributed by atoms with Crippen LogP contribution in [0.4, 0.5) is 0 Å². The number of ketones is 3. The van der Waals surface area contributed by atoms with E-state index in [1.807, 2.05) is 19.1 Å². The van der Waals surface area contributed by atoms with E-state index in [1.54, 1.807) is 19.1 Å². The maximum Gasteiger partial charge on any atom is 0.300 e. The number of hydrogen-bond acceptors (Lipinski definition) is 13. The molecule has 7 N–H and O–H groups in total. The van der Waals surface area contributed by atoms with Gasteiger partial charge in [-0.15, -0.1) is 0 Å². The summed E-state index contributed by atoms with van der Waals surface area (Å²) in [6, 6.07) is 6.10. The highest BCUT2D eigenvalue weighted by Gasteiger charge is 2.35. The van der Waals surface area contributed by atoms with Crippen molar-refractivity contribution in [1.82, 2.24) is 15.5 Å². The van der Waals surface area contributed by atoms with Crippen LogP contribution < -0.4 is 22.1 Å². The second-order valence-electron chi connectivity index (χ2n) is 14.5. The summed E-state index contributed by atoms with van der Waals surface area (Å²) in [7, 11) is 1.54. The van der Waals surface area contributed by atoms with E-state index in [2.05, 4.69) is 15.5 Å². The first-order chi connectivity index (χ1) is 28.3. The molecule has 0 aliphatic carbocycles. The zero-order valence-corrected chi connectivity index (χ0v) is 35.3. The first-order valence-electron chi connectivity index (χ1n) is 20.6. The predicted molar refractivity (Wildman–Crippen MR) is 221 cm³/mol. The summed E-state index contributed by atoms with van der Waals surface area (Å²) in [5.74, 6) is -0.595. The van der Waals surface area contributed by atoms with Crippen molar-refractivity contribution < 1.29 is 52.8 Å². The first-order valence-corrected chi connectivity index (χ1v) is 20.6. The number of nitrogens with two attached hydrogens (primary N) is 2. The molecule has 1 saturated heterocycles. The molecule has 1 fully saturated rings. The number of nitrogens with one attached hydrogen (secondary N) is 2. The Morgan fingerprint density at radius 3 is 2.20 bits per heavy atom. The fourth-order valence-corrected chi connectivity index (χ4v) is 5.95. The number of ether oxygens (including phenoxy) is 4. The number of Topliss-reactive ketones (excluding diaryl/α,β-unsaturated/α-hetero) is 3. The molecule has 0 unspecified atom stereocenters. The number of phenolic OH excluding ortho intramolecular Hbond substituents is 1. The molecule has 59 heavy (non-hydrogen) atoms. The predicted octanol–water partition coefficient (Wildman–Crippen LogP) is 2.10. The van der Waals surface area contributed by atoms with Crippen LogP contribution in [0.5, 0.6) is 5.75 Å². The summed E-state index contributed by atoms with van der Waals surface area (Å²) in [5, 5.41) is 14.4. The third-order valence-corrected chi connectivity index (χ3v) is 9.54. The molecule has 17 nitrogen and oxygen atoms in total. The van der Waals surface area contributed by atoms with Gasteiger partial charge in [0.1, 0.15) is 30.5 Å². The van der Waals surface area contributed by atoms with E-state index in [0.717, 1.165) is 31.2 Å². The highest BCUT2D eigenvalue weighted by atomic mass is 16.5. The van der Waals surface area contributed by atoms with Gasteiger partial charge in [-0.25, -0.2) is 6.57 Å². The monoisotopic (exact) mass is 832 g/mol. The summed E-state index contributed by atoms with van der Waals surface area (Å²) in [6.45, 7) is 14.0. The van der Waals surface area contributed by atoms with Crippen LogP contribution >= 0.6 is 0 Å². The van der Waals surface area contributed by atoms with Gasteiger partial charge in [-0.2, -0.15) is 0 Å². The average Bonchev–Trinajstić information content (AvgIpc) is 3.71. The number of carbonyl (C=O) groups is 6. The van der Waals surface area contributed by atoms with Gasteiger partial charge >= 0.3 is 6.17 Å². The van der Waals surface area contributed by atoms with Gasteiger partial charge in [-0.3, -0.25) is 38.5 Å². The van der Waals surface area contributed by atoms with Crippen LogP contribution in [0.2, 0.25) is 0 Å². The lowest BCUT2D eigenvalue weighted by molar-refractivity contribution is -0.133. The SMILES string of the molecule is CC(=O)[C@H](CCCCN)CC(=O)[C@@H](C)Cc1ccc(O)cc1.[C-]#[N+][C@@H]1CCCN1C(=O)[C@@H](N)CCC(=O)NCCOCCOCC(=O)CCCOCCOCC(=O)NC. The van der Waals surface area contributed by atoms with Crippen molar-refractivity contribution in [2.24, 2.45) is 23.3 Å². The van der Waals surface area contributed by atoms with E-state index in [9.17, 15) is 33.9 Å². The minimum Gasteiger partial charge on any atom is -0.508 e. The lowest BCUT2D eigenvalue weighted by Crippen LogP contribution is -2.45. The number of nitrogens with zero attached hydrogens (tertiary/aromatic N) is 2. The second-order valence-corrected chi connectivity index (χ2v) is 14.5. The fraction of sp³-hybridized carbons (Fsp3) is 0.690. The van der Waals surface area contributed by atoms with Crippen LogP contribution in [-0.4, -0.2) is 137 Å². The number of rotatable bonds is 31. The molecule has 0 aromatic heterocycles. The molecule has 1 aliphatic rings. The zero-order valence-electron chi connectivity index (χ0n) is 35.3. The molecular formula is C42H68N6O11. The first kappa shape index (κ1) is 52.7. The fourth-order valence-electron chi connectivity index (χ4n) is 5.95. The van der Waals surface area contributed by atoms with Crippen LogP contribution in [-0.2, 0) is 54.1 Å². The topological polar surface area (TPSA) is 243 Å². The molecular weight excluding hydrogens is 764 g/mol. The van der Waals surface area contributed by atoms with Crippen LogP contribution in [0.1, 0.15) is 83.6 Å². The van der Waals surface area contributed by atoms with E-state index in [1.165, 1.54) is 11.9 Å². The van der Waals surface area contributed by atoms with Gasteiger partial charge in [-0.05, 0) is 69.7 Å². The summed E-state index contributed by atoms with van der Waals surface area (Å²) >= 11 is 0. The quantitative estimate of drug-likeness (QED) is 0.0533. The van der Waals surface area contributed by atoms with Crippen LogP contribution in [0.25, 0.3) is 4.85 Å². The van der Waals surface area contributed by atoms with Gasteiger partial charge < -0.3 is 46.2 Å². The molecule has 3 amide bonds. The molecule has 0 radical (unpaired) electrons. The Hall–Kier alpha value is -4.31. The molecule has 1 aromatic rings. The summed E-state index contributed by atoms with van der Waals surface area (Å²) < 4.78 is 21.1. The number of hydrogen-bond donors (Lipinski definition) is 5. The van der Waals surface area contributed by atoms with Gasteiger partial charge in [0, 0.05) is 64.3 Å². The van der Waals surface area contributed by atoms with Gasteiger partial charge in [0.25, 0.3) is 0 Å². The average molecular weight is 833 g/mol. The van der Waals surface area contributed by atoms with E-state index in [0.29, 0.717) is 84.8 Å². The van der Waals surface area contributed by atoms with Crippen LogP contribution in [0.15, 0.2) is 24.3 Å². The largest absolute Gasteiger partial charge is 0.508 e. The summed E-state index contributed by atoms with van der Waals surface area (Å²) in [6.07, 6.45) is 5.75. The number of benzene rings is 1. The zero-order chi connectivity index (χ0) is 43.8. The van der Waals surface area contributed by atoms with Crippen molar-refractivity contribution in [3.63, 3.8) is 0 Å². The number of unbranched alkanes of at least 4 members (excludes halogenated alkanes) is 1. The molecule has 2 rings (SSSR count). The van der Waals surface area contributed by atoms with Crippen molar-refractivity contribution in [2.75, 3.05) is 79.5 Å². The molecule has 1 aliphatic heterocycles. The highest BCUT2D eigenvalue weighted by Crippen LogP contribution is 2.21. The van der Waals surface area contributed by atoms with Gasteiger partial charge in [0.2, 0.25) is 17.7 Å². The Bertz CT molecular complexity index is 1440. The lowest BCUT2D eigenvalue weighted by atomic mass is 9.87. The Kier molecular flexibility index (Phi) is 29.1. The maximum atomic E-state index is 12.3. The minimum atomic E-state index is -0.794. The molecule has 4 atom stereocenters. The highest BCUT2D eigenvalue weighted by molar-refractivity contribution is 5.88. The molecule has 17 heteroatoms. The molecule has 1 aromatic carbocycles. The molecule has 0 spiro atoms. The van der Waals surface area contributed by atoms with Gasteiger partial charge in [0.05, 0.1) is 39.1 Å². The van der Waals surface area contributed by atoms with E-state index < -0.39 is 12.2 Å². The number of phenols is 1. The standard InChI is InChI=1S/C24H41N5O8.C18H27NO3/c1-26-21-6-3-10-29(21)24(33)20(25)7-8-22(31)28-9-12-35-14-15-36-17-19(30)5-4-11-34-13-16-37-18-23(32)27-2;1-13(11-15-6-8-17(21)9-7-15)18(22)12-16(14(2)20)5-3-4-10-19/h20-21H,3-18,25H2,2H3,(H,27,32)(H,28,31);6-9,13,16,21H,3-5,10-12,19H2,1-2H3/t20-,21-;13-,16+/m00/s1. The van der Waals surface area contributed by atoms with Crippen molar-refractivity contribution in [3.8, 4) is 5.75 Å². The second kappa shape index (κ2) is 32.5. The number of likely N-dealkylation sites (N-methyl/N-ethyl adjacent to an activating group) is 1. The van der Waals surface area contributed by atoms with Gasteiger partial charge in [-0.1, -0.05) is 25.5 Å². The lowest BCUT2D eigenvalue weighted by Gasteiger charge is -2.20. The molecule has 0 bridgehead atoms. The summed E-state index contributed by atoms with van der Waals surface area (Å²) in [4.78, 5) is 76.0. The minimum absolute atomic E-state index is 0.00190. The van der Waals surface area contributed by atoms with Gasteiger partial charge in [0.15, 0.2) is 5.78 Å². The Morgan fingerprint density at radius 1 is 0.898 bits per heavy atom. The normalized spacial score (nSPS) is 14.9. The third kappa shape index (κ3) is 25.0. The number of carbonyl (C=O) groups excluding carboxylic acids is 6. The van der Waals surface area contributed by atoms with Crippen molar-refractivity contribution in [3.05, 3.63) is 41.2 Å². The van der Waals surface area contributed by atoms with Crippen molar-refractivity contribution >= 4 is 35.1 Å². The van der Waals surface area contributed by atoms with Crippen molar-refractivity contribution in [2.45, 2.75) is 96.7 Å². The van der Waals surface area contributed by atoms with E-state index in [4.69, 9.17) is 37.0 Å². The number of likely N-dealkylation sites (tertiary alicyclic amines) is 1. The Balaban J connectivity index is 0.000000672. The van der Waals surface area contributed by atoms with E-state index in [-0.39, 0.29) is 85.3 Å². The van der Waals surface area contributed by atoms with Crippen LogP contribution in [0.3, 0.4) is 0 Å². The third-order valence-electron chi connectivity index (χ3n) is 9.54. The van der Waals surface area contributed by atoms with E-state index >= 15 is 0 Å². The van der Waals surface area contributed by atoms with Crippen molar-refractivity contribution in [1.29, 1.82) is 0 Å². The summed E-state index contributed by atoms with van der Waals surface area (Å²) in [5.41, 5.74) is 12.4. The molecule has 332 valence electrons. The number of aromatic hydroxyl groups is 1.